The van der Waals surface area contributed by atoms with Crippen LogP contribution in [0.4, 0.5) is 0 Å². The average molecular weight is 362 g/mol. The predicted molar refractivity (Wildman–Crippen MR) is 113 cm³/mol. The van der Waals surface area contributed by atoms with Crippen LogP contribution in [0.3, 0.4) is 0 Å². The third-order valence-electron chi connectivity index (χ3n) is 5.38. The lowest BCUT2D eigenvalue weighted by Gasteiger charge is -2.07. The predicted octanol–water partition coefficient (Wildman–Crippen LogP) is 4.66. The maximum atomic E-state index is 2.34. The van der Waals surface area contributed by atoms with Crippen molar-refractivity contribution in [3.8, 4) is 0 Å². The smallest absolute Gasteiger partial charge is 0.194 e. The molecule has 5 rings (SSSR count). The summed E-state index contributed by atoms with van der Waals surface area (Å²) < 4.78 is 4.67. The summed E-state index contributed by atoms with van der Waals surface area (Å²) in [5.74, 6) is 0. The van der Waals surface area contributed by atoms with Crippen molar-refractivity contribution in [3.63, 3.8) is 0 Å². The highest BCUT2D eigenvalue weighted by Gasteiger charge is 2.15. The molecule has 2 aromatic heterocycles. The first kappa shape index (κ1) is 16.6. The third kappa shape index (κ3) is 3.14. The number of para-hydroxylation sites is 2. The van der Waals surface area contributed by atoms with Gasteiger partial charge >= 0.3 is 0 Å². The van der Waals surface area contributed by atoms with Crippen molar-refractivity contribution >= 4 is 21.8 Å². The van der Waals surface area contributed by atoms with E-state index in [9.17, 15) is 0 Å². The van der Waals surface area contributed by atoms with Gasteiger partial charge in [-0.15, -0.1) is 0 Å². The first-order valence-electron chi connectivity index (χ1n) is 9.70. The molecule has 134 valence electrons. The number of fused-ring (bicyclic) bond motifs is 2. The number of benzene rings is 3. The molecule has 0 radical (unpaired) electrons. The summed E-state index contributed by atoms with van der Waals surface area (Å²) in [6, 6.07) is 34.5. The summed E-state index contributed by atoms with van der Waals surface area (Å²) in [7, 11) is 0. The molecule has 0 atom stereocenters. The fraction of sp³-hybridized carbons (Fsp3) is 0.0769. The molecule has 0 spiro atoms. The Morgan fingerprint density at radius 1 is 0.429 bits per heavy atom. The lowest BCUT2D eigenvalue weighted by Crippen LogP contribution is -2.38. The van der Waals surface area contributed by atoms with Crippen molar-refractivity contribution in [2.75, 3.05) is 0 Å². The molecule has 28 heavy (non-hydrogen) atoms. The van der Waals surface area contributed by atoms with Crippen LogP contribution in [0.1, 0.15) is 11.1 Å². The quantitative estimate of drug-likeness (QED) is 0.411. The maximum absolute atomic E-state index is 2.34. The average Bonchev–Trinajstić information content (AvgIpc) is 2.76. The van der Waals surface area contributed by atoms with E-state index >= 15 is 0 Å². The van der Waals surface area contributed by atoms with Crippen molar-refractivity contribution < 1.29 is 9.13 Å². The van der Waals surface area contributed by atoms with Gasteiger partial charge in [-0.1, -0.05) is 48.5 Å². The SMILES string of the molecule is c1ccc(C[n+]2cccc3ccccc32)c(C[n+]2cccc3ccccc32)c1. The summed E-state index contributed by atoms with van der Waals surface area (Å²) >= 11 is 0. The Labute approximate surface area is 164 Å². The van der Waals surface area contributed by atoms with Crippen LogP contribution in [0.15, 0.2) is 109 Å². The molecule has 2 heterocycles. The number of nitrogens with zero attached hydrogens (tertiary/aromatic N) is 2. The van der Waals surface area contributed by atoms with Gasteiger partial charge in [0.05, 0.1) is 0 Å². The minimum Gasteiger partial charge on any atom is -0.194 e. The topological polar surface area (TPSA) is 7.76 Å². The molecule has 2 nitrogen and oxygen atoms in total. The van der Waals surface area contributed by atoms with Crippen LogP contribution in [-0.4, -0.2) is 0 Å². The summed E-state index contributed by atoms with van der Waals surface area (Å²) in [4.78, 5) is 0. The van der Waals surface area contributed by atoms with Gasteiger partial charge in [-0.05, 0) is 24.3 Å². The van der Waals surface area contributed by atoms with Gasteiger partial charge in [0.15, 0.2) is 25.5 Å². The minimum absolute atomic E-state index is 0.864. The molecule has 0 amide bonds. The van der Waals surface area contributed by atoms with Crippen LogP contribution >= 0.6 is 0 Å². The molecule has 0 N–H and O–H groups in total. The number of hydrogen-bond acceptors (Lipinski definition) is 0. The molecule has 3 aromatic carbocycles. The number of aromatic nitrogens is 2. The third-order valence-corrected chi connectivity index (χ3v) is 5.38. The van der Waals surface area contributed by atoms with Crippen molar-refractivity contribution in [2.45, 2.75) is 13.1 Å². The zero-order valence-electron chi connectivity index (χ0n) is 15.7. The molecule has 0 saturated carbocycles. The fourth-order valence-electron chi connectivity index (χ4n) is 3.95. The van der Waals surface area contributed by atoms with Crippen LogP contribution < -0.4 is 9.13 Å². The van der Waals surface area contributed by atoms with Crippen molar-refractivity contribution in [2.24, 2.45) is 0 Å². The lowest BCUT2D eigenvalue weighted by molar-refractivity contribution is -0.667. The van der Waals surface area contributed by atoms with E-state index in [4.69, 9.17) is 0 Å². The van der Waals surface area contributed by atoms with Gasteiger partial charge in [-0.25, -0.2) is 0 Å². The molecule has 0 fully saturated rings. The second-order valence-electron chi connectivity index (χ2n) is 7.16. The Bertz CT molecular complexity index is 1160. The zero-order valence-corrected chi connectivity index (χ0v) is 15.7. The van der Waals surface area contributed by atoms with Crippen LogP contribution in [0.2, 0.25) is 0 Å². The molecular weight excluding hydrogens is 340 g/mol. The highest BCUT2D eigenvalue weighted by molar-refractivity contribution is 5.75. The van der Waals surface area contributed by atoms with E-state index in [-0.39, 0.29) is 0 Å². The van der Waals surface area contributed by atoms with E-state index in [0.29, 0.717) is 0 Å². The molecule has 0 bridgehead atoms. The van der Waals surface area contributed by atoms with E-state index in [1.165, 1.54) is 32.9 Å². The first-order valence-corrected chi connectivity index (χ1v) is 9.70. The molecule has 0 aliphatic carbocycles. The van der Waals surface area contributed by atoms with Crippen LogP contribution in [-0.2, 0) is 13.1 Å². The van der Waals surface area contributed by atoms with E-state index in [1.54, 1.807) is 0 Å². The van der Waals surface area contributed by atoms with Gasteiger partial charge in [0.2, 0.25) is 11.0 Å². The standard InChI is InChI=1S/C26H22N2/c1-2-12-24(20-28-18-8-14-22-10-4-6-16-26(22)28)23(11-1)19-27-17-7-13-21-9-3-5-15-25(21)27/h1-18H,19-20H2/q+2. The van der Waals surface area contributed by atoms with Gasteiger partial charge in [0, 0.05) is 46.2 Å². The molecule has 0 saturated heterocycles. The van der Waals surface area contributed by atoms with E-state index in [2.05, 4.69) is 119 Å². The summed E-state index contributed by atoms with van der Waals surface area (Å²) in [6.45, 7) is 1.73. The Kier molecular flexibility index (Phi) is 4.30. The van der Waals surface area contributed by atoms with Crippen LogP contribution in [0, 0.1) is 0 Å². The normalized spacial score (nSPS) is 11.1. The molecule has 5 aromatic rings. The largest absolute Gasteiger partial charge is 0.212 e. The number of rotatable bonds is 4. The van der Waals surface area contributed by atoms with Gasteiger partial charge in [0.25, 0.3) is 0 Å². The van der Waals surface area contributed by atoms with Crippen molar-refractivity contribution in [1.82, 2.24) is 0 Å². The second kappa shape index (κ2) is 7.24. The first-order chi connectivity index (χ1) is 13.9. The molecule has 0 unspecified atom stereocenters. The Hall–Kier alpha value is -3.52. The highest BCUT2D eigenvalue weighted by atomic mass is 15.0. The van der Waals surface area contributed by atoms with Crippen molar-refractivity contribution in [3.05, 3.63) is 121 Å². The lowest BCUT2D eigenvalue weighted by atomic mass is 10.1. The highest BCUT2D eigenvalue weighted by Crippen LogP contribution is 2.14. The second-order valence-corrected chi connectivity index (χ2v) is 7.16. The maximum Gasteiger partial charge on any atom is 0.212 e. The van der Waals surface area contributed by atoms with Gasteiger partial charge in [0.1, 0.15) is 0 Å². The summed E-state index contributed by atoms with van der Waals surface area (Å²) in [6.07, 6.45) is 4.34. The Morgan fingerprint density at radius 3 is 1.32 bits per heavy atom. The fourth-order valence-corrected chi connectivity index (χ4v) is 3.95. The summed E-state index contributed by atoms with van der Waals surface area (Å²) in [5.41, 5.74) is 5.23. The minimum atomic E-state index is 0.864. The van der Waals surface area contributed by atoms with E-state index < -0.39 is 0 Å². The van der Waals surface area contributed by atoms with E-state index in [1.807, 2.05) is 0 Å². The summed E-state index contributed by atoms with van der Waals surface area (Å²) in [5, 5.41) is 2.54. The molecule has 2 heteroatoms. The van der Waals surface area contributed by atoms with Crippen molar-refractivity contribution in [1.29, 1.82) is 0 Å². The number of pyridine rings is 2. The number of hydrogen-bond donors (Lipinski definition) is 0. The molecular formula is C26H22N2+2. The van der Waals surface area contributed by atoms with Gasteiger partial charge in [-0.3, -0.25) is 0 Å². The van der Waals surface area contributed by atoms with Gasteiger partial charge < -0.3 is 0 Å². The monoisotopic (exact) mass is 362 g/mol. The molecule has 0 aliphatic heterocycles. The van der Waals surface area contributed by atoms with E-state index in [0.717, 1.165) is 13.1 Å². The Balaban J connectivity index is 1.54. The van der Waals surface area contributed by atoms with Crippen LogP contribution in [0.5, 0.6) is 0 Å². The van der Waals surface area contributed by atoms with Crippen LogP contribution in [0.25, 0.3) is 21.8 Å². The Morgan fingerprint density at radius 2 is 0.821 bits per heavy atom. The van der Waals surface area contributed by atoms with Gasteiger partial charge in [-0.2, -0.15) is 9.13 Å². The zero-order chi connectivity index (χ0) is 18.8. The molecule has 0 aliphatic rings.